The molecule has 0 atom stereocenters. The Labute approximate surface area is 109 Å². The molecular weight excluding hydrogens is 307 g/mol. The predicted octanol–water partition coefficient (Wildman–Crippen LogP) is 2.87. The summed E-state index contributed by atoms with van der Waals surface area (Å²) in [7, 11) is 0. The first-order valence-electron chi connectivity index (χ1n) is 4.76. The Hall–Kier alpha value is -2.02. The van der Waals surface area contributed by atoms with Crippen LogP contribution in [0.3, 0.4) is 0 Å². The highest BCUT2D eigenvalue weighted by Crippen LogP contribution is 2.26. The van der Waals surface area contributed by atoms with Gasteiger partial charge in [0.05, 0.1) is 10.7 Å². The van der Waals surface area contributed by atoms with Gasteiger partial charge in [0, 0.05) is 6.07 Å². The van der Waals surface area contributed by atoms with Crippen LogP contribution in [0.25, 0.3) is 0 Å². The minimum absolute atomic E-state index is 0.138. The molecule has 0 fully saturated rings. The summed E-state index contributed by atoms with van der Waals surface area (Å²) in [4.78, 5) is 10.9. The van der Waals surface area contributed by atoms with Crippen LogP contribution in [0, 0.1) is 5.82 Å². The topological polar surface area (TPSA) is 72.3 Å². The molecule has 0 aliphatic heterocycles. The van der Waals surface area contributed by atoms with Crippen molar-refractivity contribution in [3.05, 3.63) is 46.3 Å². The molecule has 0 radical (unpaired) electrons. The highest BCUT2D eigenvalue weighted by molar-refractivity contribution is 9.10. The van der Waals surface area contributed by atoms with Crippen LogP contribution in [-0.4, -0.2) is 21.3 Å². The van der Waals surface area contributed by atoms with E-state index < -0.39 is 11.8 Å². The van der Waals surface area contributed by atoms with E-state index in [-0.39, 0.29) is 21.7 Å². The zero-order chi connectivity index (χ0) is 13.1. The van der Waals surface area contributed by atoms with E-state index in [1.807, 2.05) is 0 Å². The number of carboxylic acids is 1. The van der Waals surface area contributed by atoms with Crippen molar-refractivity contribution in [2.75, 3.05) is 0 Å². The molecule has 0 amide bonds. The summed E-state index contributed by atoms with van der Waals surface area (Å²) < 4.78 is 18.7. The molecular formula is C11H6BrFN2O3. The monoisotopic (exact) mass is 312 g/mol. The lowest BCUT2D eigenvalue weighted by molar-refractivity contribution is 0.0693. The summed E-state index contributed by atoms with van der Waals surface area (Å²) in [5.74, 6) is -1.77. The number of halogens is 2. The maximum atomic E-state index is 13.3. The summed E-state index contributed by atoms with van der Waals surface area (Å²) in [5.41, 5.74) is -0.145. The summed E-state index contributed by atoms with van der Waals surface area (Å²) in [5, 5.41) is 16.0. The van der Waals surface area contributed by atoms with Crippen LogP contribution in [0.2, 0.25) is 0 Å². The van der Waals surface area contributed by atoms with E-state index in [2.05, 4.69) is 26.1 Å². The van der Waals surface area contributed by atoms with E-state index in [4.69, 9.17) is 9.84 Å². The number of aromatic nitrogens is 2. The average Bonchev–Trinajstić information content (AvgIpc) is 2.34. The van der Waals surface area contributed by atoms with Crippen molar-refractivity contribution in [3.63, 3.8) is 0 Å². The molecule has 0 unspecified atom stereocenters. The van der Waals surface area contributed by atoms with Crippen LogP contribution < -0.4 is 4.74 Å². The molecule has 1 N–H and O–H groups in total. The van der Waals surface area contributed by atoms with Crippen LogP contribution >= 0.6 is 15.9 Å². The van der Waals surface area contributed by atoms with Crippen molar-refractivity contribution in [2.45, 2.75) is 0 Å². The van der Waals surface area contributed by atoms with Crippen LogP contribution in [0.4, 0.5) is 4.39 Å². The highest BCUT2D eigenvalue weighted by atomic mass is 79.9. The van der Waals surface area contributed by atoms with Gasteiger partial charge < -0.3 is 9.84 Å². The molecule has 92 valence electrons. The standard InChI is InChI=1S/C11H6BrFN2O3/c12-8-2-1-6(5-9(8)13)18-10-7(11(16)17)3-4-14-15-10/h1-5H,(H,16,17). The zero-order valence-corrected chi connectivity index (χ0v) is 10.4. The molecule has 0 saturated carbocycles. The van der Waals surface area contributed by atoms with Crippen LogP contribution in [0.1, 0.15) is 10.4 Å². The highest BCUT2D eigenvalue weighted by Gasteiger charge is 2.14. The van der Waals surface area contributed by atoms with Gasteiger partial charge in [0.25, 0.3) is 5.88 Å². The number of aromatic carboxylic acids is 1. The number of nitrogens with zero attached hydrogens (tertiary/aromatic N) is 2. The van der Waals surface area contributed by atoms with Crippen LogP contribution in [-0.2, 0) is 0 Å². The third-order valence-electron chi connectivity index (χ3n) is 2.02. The Balaban J connectivity index is 2.34. The first kappa shape index (κ1) is 12.4. The molecule has 0 aliphatic carbocycles. The van der Waals surface area contributed by atoms with Gasteiger partial charge in [-0.2, -0.15) is 5.10 Å². The van der Waals surface area contributed by atoms with Gasteiger partial charge in [-0.1, -0.05) is 0 Å². The lowest BCUT2D eigenvalue weighted by Gasteiger charge is -2.06. The molecule has 0 saturated heterocycles. The van der Waals surface area contributed by atoms with Gasteiger partial charge >= 0.3 is 5.97 Å². The third-order valence-corrected chi connectivity index (χ3v) is 2.67. The fourth-order valence-electron chi connectivity index (χ4n) is 1.21. The molecule has 5 nitrogen and oxygen atoms in total. The van der Waals surface area contributed by atoms with Gasteiger partial charge in [-0.15, -0.1) is 5.10 Å². The molecule has 2 rings (SSSR count). The van der Waals surface area contributed by atoms with Gasteiger partial charge in [0.15, 0.2) is 0 Å². The van der Waals surface area contributed by atoms with E-state index >= 15 is 0 Å². The summed E-state index contributed by atoms with van der Waals surface area (Å²) in [6, 6.07) is 5.29. The number of carboxylic acid groups (broad SMARTS) is 1. The first-order chi connectivity index (χ1) is 8.58. The van der Waals surface area contributed by atoms with Crippen molar-refractivity contribution in [3.8, 4) is 11.6 Å². The van der Waals surface area contributed by atoms with Crippen molar-refractivity contribution in [1.82, 2.24) is 10.2 Å². The number of rotatable bonds is 3. The maximum Gasteiger partial charge on any atom is 0.341 e. The second-order valence-electron chi connectivity index (χ2n) is 3.23. The third kappa shape index (κ3) is 2.62. The zero-order valence-electron chi connectivity index (χ0n) is 8.80. The van der Waals surface area contributed by atoms with E-state index in [1.54, 1.807) is 0 Å². The molecule has 7 heteroatoms. The van der Waals surface area contributed by atoms with Gasteiger partial charge in [0.1, 0.15) is 17.1 Å². The quantitative estimate of drug-likeness (QED) is 0.943. The van der Waals surface area contributed by atoms with Gasteiger partial charge in [-0.3, -0.25) is 0 Å². The fraction of sp³-hybridized carbons (Fsp3) is 0. The summed E-state index contributed by atoms with van der Waals surface area (Å²) in [6.45, 7) is 0. The second-order valence-corrected chi connectivity index (χ2v) is 4.09. The first-order valence-corrected chi connectivity index (χ1v) is 5.55. The fourth-order valence-corrected chi connectivity index (χ4v) is 1.46. The molecule has 0 spiro atoms. The molecule has 0 bridgehead atoms. The minimum Gasteiger partial charge on any atom is -0.477 e. The average molecular weight is 313 g/mol. The number of benzene rings is 1. The molecule has 0 aliphatic rings. The van der Waals surface area contributed by atoms with E-state index in [9.17, 15) is 9.18 Å². The van der Waals surface area contributed by atoms with Crippen LogP contribution in [0.15, 0.2) is 34.9 Å². The normalized spacial score (nSPS) is 10.1. The predicted molar refractivity (Wildman–Crippen MR) is 63.2 cm³/mol. The summed E-state index contributed by atoms with van der Waals surface area (Å²) >= 11 is 3.00. The Morgan fingerprint density at radius 3 is 2.83 bits per heavy atom. The lowest BCUT2D eigenvalue weighted by atomic mass is 10.3. The second kappa shape index (κ2) is 5.09. The molecule has 1 aromatic heterocycles. The van der Waals surface area contributed by atoms with E-state index in [0.29, 0.717) is 0 Å². The Morgan fingerprint density at radius 2 is 2.17 bits per heavy atom. The van der Waals surface area contributed by atoms with Crippen molar-refractivity contribution in [1.29, 1.82) is 0 Å². The van der Waals surface area contributed by atoms with E-state index in [0.717, 1.165) is 6.07 Å². The number of ether oxygens (including phenoxy) is 1. The maximum absolute atomic E-state index is 13.3. The largest absolute Gasteiger partial charge is 0.477 e. The van der Waals surface area contributed by atoms with Crippen molar-refractivity contribution in [2.24, 2.45) is 0 Å². The molecule has 1 aromatic carbocycles. The van der Waals surface area contributed by atoms with Gasteiger partial charge in [0.2, 0.25) is 0 Å². The number of hydrogen-bond donors (Lipinski definition) is 1. The van der Waals surface area contributed by atoms with E-state index in [1.165, 1.54) is 24.4 Å². The Morgan fingerprint density at radius 1 is 1.39 bits per heavy atom. The number of carbonyl (C=O) groups is 1. The lowest BCUT2D eigenvalue weighted by Crippen LogP contribution is -2.02. The minimum atomic E-state index is -1.20. The summed E-state index contributed by atoms with van der Waals surface area (Å²) in [6.07, 6.45) is 1.23. The molecule has 1 heterocycles. The van der Waals surface area contributed by atoms with Crippen LogP contribution in [0.5, 0.6) is 11.6 Å². The molecule has 2 aromatic rings. The Bertz CT molecular complexity index is 607. The number of hydrogen-bond acceptors (Lipinski definition) is 4. The van der Waals surface area contributed by atoms with Crippen molar-refractivity contribution >= 4 is 21.9 Å². The van der Waals surface area contributed by atoms with Crippen molar-refractivity contribution < 1.29 is 19.0 Å². The Kier molecular flexibility index (Phi) is 3.52. The molecule has 18 heavy (non-hydrogen) atoms. The smallest absolute Gasteiger partial charge is 0.341 e. The SMILES string of the molecule is O=C(O)c1ccnnc1Oc1ccc(Br)c(F)c1. The van der Waals surface area contributed by atoms with Gasteiger partial charge in [-0.05, 0) is 34.1 Å². The van der Waals surface area contributed by atoms with Gasteiger partial charge in [-0.25, -0.2) is 9.18 Å².